The van der Waals surface area contributed by atoms with Gasteiger partial charge in [-0.3, -0.25) is 14.6 Å². The Balaban J connectivity index is 1.65. The number of aromatic nitrogens is 3. The molecule has 0 radical (unpaired) electrons. The number of amides is 2. The molecule has 26 heavy (non-hydrogen) atoms. The van der Waals surface area contributed by atoms with Gasteiger partial charge in [-0.2, -0.15) is 0 Å². The highest BCUT2D eigenvalue weighted by Gasteiger charge is 2.42. The van der Waals surface area contributed by atoms with Crippen molar-refractivity contribution in [3.63, 3.8) is 0 Å². The highest BCUT2D eigenvalue weighted by atomic mass is 32.1. The first-order valence-electron chi connectivity index (χ1n) is 9.04. The predicted octanol–water partition coefficient (Wildman–Crippen LogP) is 2.34. The molecule has 1 unspecified atom stereocenters. The number of carbonyl (C=O) groups is 2. The lowest BCUT2D eigenvalue weighted by Gasteiger charge is -2.31. The molecule has 2 aromatic heterocycles. The summed E-state index contributed by atoms with van der Waals surface area (Å²) in [6, 6.07) is 3.21. The number of nitrogens with zero attached hydrogens (tertiary/aromatic N) is 4. The van der Waals surface area contributed by atoms with Crippen LogP contribution in [0.4, 0.5) is 0 Å². The summed E-state index contributed by atoms with van der Waals surface area (Å²) in [5.74, 6) is -0.351. The van der Waals surface area contributed by atoms with Gasteiger partial charge in [0.15, 0.2) is 5.69 Å². The quantitative estimate of drug-likeness (QED) is 0.842. The standard InChI is InChI=1S/C18H21N5O2S/c24-17(20-13-3-1-2-4-13)16(12-7-9-19-10-8-12)23(14-5-6-14)18(25)15-11-26-22-21-15/h7-11,13-14,16H,1-6H2,(H,20,24). The van der Waals surface area contributed by atoms with E-state index < -0.39 is 6.04 Å². The van der Waals surface area contributed by atoms with Crippen LogP contribution >= 0.6 is 11.5 Å². The fourth-order valence-corrected chi connectivity index (χ4v) is 4.00. The van der Waals surface area contributed by atoms with Crippen LogP contribution in [0.2, 0.25) is 0 Å². The third-order valence-corrected chi connectivity index (χ3v) is 5.51. The number of rotatable bonds is 6. The van der Waals surface area contributed by atoms with E-state index in [1.807, 2.05) is 0 Å². The molecule has 0 aliphatic heterocycles. The van der Waals surface area contributed by atoms with Crippen LogP contribution in [0.5, 0.6) is 0 Å². The number of nitrogens with one attached hydrogen (secondary N) is 1. The van der Waals surface area contributed by atoms with E-state index in [4.69, 9.17) is 0 Å². The smallest absolute Gasteiger partial charge is 0.276 e. The average molecular weight is 371 g/mol. The maximum atomic E-state index is 13.2. The van der Waals surface area contributed by atoms with E-state index >= 15 is 0 Å². The van der Waals surface area contributed by atoms with Crippen molar-refractivity contribution in [2.24, 2.45) is 0 Å². The molecule has 4 rings (SSSR count). The summed E-state index contributed by atoms with van der Waals surface area (Å²) in [5.41, 5.74) is 1.08. The van der Waals surface area contributed by atoms with Crippen LogP contribution in [0.3, 0.4) is 0 Å². The van der Waals surface area contributed by atoms with Crippen molar-refractivity contribution in [1.82, 2.24) is 24.8 Å². The molecule has 2 saturated carbocycles. The fraction of sp³-hybridized carbons (Fsp3) is 0.500. The number of hydrogen-bond acceptors (Lipinski definition) is 6. The van der Waals surface area contributed by atoms with Gasteiger partial charge in [0.25, 0.3) is 5.91 Å². The van der Waals surface area contributed by atoms with Crippen molar-refractivity contribution in [3.8, 4) is 0 Å². The van der Waals surface area contributed by atoms with Gasteiger partial charge >= 0.3 is 0 Å². The SMILES string of the molecule is O=C(NC1CCCC1)C(c1ccncc1)N(C(=O)c1csnn1)C1CC1. The fourth-order valence-electron chi connectivity index (χ4n) is 3.57. The van der Waals surface area contributed by atoms with E-state index in [-0.39, 0.29) is 23.9 Å². The van der Waals surface area contributed by atoms with Crippen LogP contribution in [0.25, 0.3) is 0 Å². The molecule has 1 N–H and O–H groups in total. The van der Waals surface area contributed by atoms with Gasteiger partial charge in [-0.25, -0.2) is 0 Å². The summed E-state index contributed by atoms with van der Waals surface area (Å²) >= 11 is 1.14. The molecule has 2 aliphatic carbocycles. The van der Waals surface area contributed by atoms with Gasteiger partial charge < -0.3 is 10.2 Å². The van der Waals surface area contributed by atoms with Crippen LogP contribution in [0, 0.1) is 0 Å². The number of hydrogen-bond donors (Lipinski definition) is 1. The van der Waals surface area contributed by atoms with Gasteiger partial charge in [0, 0.05) is 29.9 Å². The zero-order chi connectivity index (χ0) is 17.9. The van der Waals surface area contributed by atoms with Gasteiger partial charge in [-0.1, -0.05) is 17.3 Å². The molecule has 2 aromatic rings. The maximum absolute atomic E-state index is 13.2. The van der Waals surface area contributed by atoms with Crippen molar-refractivity contribution in [2.75, 3.05) is 0 Å². The lowest BCUT2D eigenvalue weighted by molar-refractivity contribution is -0.126. The Morgan fingerprint density at radius 2 is 1.88 bits per heavy atom. The summed E-state index contributed by atoms with van der Waals surface area (Å²) in [7, 11) is 0. The molecule has 0 aromatic carbocycles. The van der Waals surface area contributed by atoms with Crippen molar-refractivity contribution in [1.29, 1.82) is 0 Å². The highest BCUT2D eigenvalue weighted by molar-refractivity contribution is 7.03. The van der Waals surface area contributed by atoms with E-state index in [0.29, 0.717) is 5.69 Å². The minimum Gasteiger partial charge on any atom is -0.351 e. The third kappa shape index (κ3) is 3.60. The first kappa shape index (κ1) is 17.1. The lowest BCUT2D eigenvalue weighted by atomic mass is 10.0. The Bertz CT molecular complexity index is 757. The number of pyridine rings is 1. The van der Waals surface area contributed by atoms with Crippen LogP contribution in [-0.2, 0) is 4.79 Å². The van der Waals surface area contributed by atoms with Crippen LogP contribution in [0.1, 0.15) is 60.6 Å². The van der Waals surface area contributed by atoms with Crippen LogP contribution in [0.15, 0.2) is 29.9 Å². The van der Waals surface area contributed by atoms with E-state index in [1.165, 1.54) is 0 Å². The second-order valence-electron chi connectivity index (χ2n) is 6.91. The summed E-state index contributed by atoms with van der Waals surface area (Å²) in [4.78, 5) is 32.0. The summed E-state index contributed by atoms with van der Waals surface area (Å²) in [5, 5.41) is 8.71. The Labute approximate surface area is 156 Å². The molecule has 7 nitrogen and oxygen atoms in total. The molecule has 0 spiro atoms. The molecular weight excluding hydrogens is 350 g/mol. The number of carbonyl (C=O) groups excluding carboxylic acids is 2. The Hall–Kier alpha value is -2.35. The van der Waals surface area contributed by atoms with Gasteiger partial charge in [-0.05, 0) is 54.9 Å². The van der Waals surface area contributed by atoms with Crippen molar-refractivity contribution < 1.29 is 9.59 Å². The van der Waals surface area contributed by atoms with Gasteiger partial charge in [0.1, 0.15) is 6.04 Å². The van der Waals surface area contributed by atoms with E-state index in [0.717, 1.165) is 55.6 Å². The maximum Gasteiger partial charge on any atom is 0.276 e. The van der Waals surface area contributed by atoms with E-state index in [1.54, 1.807) is 34.8 Å². The molecule has 136 valence electrons. The largest absolute Gasteiger partial charge is 0.351 e. The molecule has 8 heteroatoms. The zero-order valence-corrected chi connectivity index (χ0v) is 15.2. The molecule has 2 aliphatic rings. The summed E-state index contributed by atoms with van der Waals surface area (Å²) < 4.78 is 3.80. The second kappa shape index (κ2) is 7.49. The molecule has 2 amide bonds. The van der Waals surface area contributed by atoms with Gasteiger partial charge in [0.2, 0.25) is 5.91 Å². The predicted molar refractivity (Wildman–Crippen MR) is 96.5 cm³/mol. The van der Waals surface area contributed by atoms with Crippen molar-refractivity contribution >= 4 is 23.3 Å². The molecule has 1 atom stereocenters. The summed E-state index contributed by atoms with van der Waals surface area (Å²) in [6.45, 7) is 0. The molecular formula is C18H21N5O2S. The molecule has 2 heterocycles. The van der Waals surface area contributed by atoms with Crippen LogP contribution in [-0.4, -0.2) is 43.4 Å². The van der Waals surface area contributed by atoms with E-state index in [2.05, 4.69) is 19.9 Å². The topological polar surface area (TPSA) is 88.1 Å². The minimum absolute atomic E-state index is 0.0664. The second-order valence-corrected chi connectivity index (χ2v) is 7.52. The Morgan fingerprint density at radius 3 is 2.50 bits per heavy atom. The first-order valence-corrected chi connectivity index (χ1v) is 9.87. The van der Waals surface area contributed by atoms with Crippen molar-refractivity contribution in [2.45, 2.75) is 56.7 Å². The third-order valence-electron chi connectivity index (χ3n) is 5.00. The zero-order valence-electron chi connectivity index (χ0n) is 14.4. The van der Waals surface area contributed by atoms with Crippen molar-refractivity contribution in [3.05, 3.63) is 41.2 Å². The molecule has 0 saturated heterocycles. The molecule has 0 bridgehead atoms. The minimum atomic E-state index is -0.666. The monoisotopic (exact) mass is 371 g/mol. The Kier molecular flexibility index (Phi) is 4.92. The van der Waals surface area contributed by atoms with Crippen LogP contribution < -0.4 is 5.32 Å². The summed E-state index contributed by atoms with van der Waals surface area (Å²) in [6.07, 6.45) is 9.41. The van der Waals surface area contributed by atoms with Gasteiger partial charge in [-0.15, -0.1) is 5.10 Å². The van der Waals surface area contributed by atoms with E-state index in [9.17, 15) is 9.59 Å². The molecule has 2 fully saturated rings. The average Bonchev–Trinajstić information content (AvgIpc) is 3.12. The lowest BCUT2D eigenvalue weighted by Crippen LogP contribution is -2.47. The van der Waals surface area contributed by atoms with Gasteiger partial charge in [0.05, 0.1) is 0 Å². The Morgan fingerprint density at radius 1 is 1.15 bits per heavy atom. The first-order chi connectivity index (χ1) is 12.7. The highest BCUT2D eigenvalue weighted by Crippen LogP contribution is 2.36. The normalized spacial score (nSPS) is 18.5.